The Hall–Kier alpha value is -0.630. The van der Waals surface area contributed by atoms with Crippen molar-refractivity contribution < 1.29 is 9.90 Å². The maximum atomic E-state index is 10.7. The molecule has 1 aliphatic rings. The zero-order valence-corrected chi connectivity index (χ0v) is 5.97. The van der Waals surface area contributed by atoms with Gasteiger partial charge in [-0.05, 0) is 12.8 Å². The summed E-state index contributed by atoms with van der Waals surface area (Å²) in [5.74, 6) is 0.321. The number of carbonyl (C=O) groups excluding carboxylic acids is 1. The molecule has 0 fully saturated rings. The van der Waals surface area contributed by atoms with E-state index in [4.69, 9.17) is 5.11 Å². The van der Waals surface area contributed by atoms with Crippen LogP contribution in [0.2, 0.25) is 0 Å². The van der Waals surface area contributed by atoms with Crippen LogP contribution in [0.25, 0.3) is 0 Å². The van der Waals surface area contributed by atoms with Crippen LogP contribution in [0, 0.1) is 0 Å². The van der Waals surface area contributed by atoms with Gasteiger partial charge in [0.25, 0.3) is 0 Å². The first-order valence-electron chi connectivity index (χ1n) is 3.63. The maximum Gasteiger partial charge on any atom is 0.136 e. The predicted molar refractivity (Wildman–Crippen MR) is 38.6 cm³/mol. The van der Waals surface area contributed by atoms with Crippen LogP contribution in [0.15, 0.2) is 11.6 Å². The van der Waals surface area contributed by atoms with Crippen LogP contribution in [0.5, 0.6) is 0 Å². The average molecular weight is 140 g/mol. The molecule has 2 nitrogen and oxygen atoms in total. The van der Waals surface area contributed by atoms with Crippen molar-refractivity contribution in [1.82, 2.24) is 0 Å². The van der Waals surface area contributed by atoms with Crippen LogP contribution in [0.3, 0.4) is 0 Å². The molecule has 0 aromatic rings. The highest BCUT2D eigenvalue weighted by Crippen LogP contribution is 2.16. The molecule has 1 aliphatic carbocycles. The van der Waals surface area contributed by atoms with Crippen LogP contribution in [0.4, 0.5) is 0 Å². The third-order valence-electron chi connectivity index (χ3n) is 1.78. The first-order chi connectivity index (χ1) is 4.83. The first-order valence-corrected chi connectivity index (χ1v) is 3.63. The minimum absolute atomic E-state index is 0.208. The second-order valence-corrected chi connectivity index (χ2v) is 2.58. The Morgan fingerprint density at radius 3 is 2.80 bits per heavy atom. The Kier molecular flexibility index (Phi) is 2.63. The number of hydrogen-bond donors (Lipinski definition) is 1. The van der Waals surface area contributed by atoms with E-state index < -0.39 is 0 Å². The summed E-state index contributed by atoms with van der Waals surface area (Å²) in [4.78, 5) is 10.7. The van der Waals surface area contributed by atoms with E-state index in [1.54, 1.807) is 0 Å². The van der Waals surface area contributed by atoms with Crippen LogP contribution < -0.4 is 0 Å². The molecule has 2 heteroatoms. The summed E-state index contributed by atoms with van der Waals surface area (Å²) >= 11 is 0. The molecule has 0 aromatic carbocycles. The Labute approximate surface area is 60.6 Å². The van der Waals surface area contributed by atoms with Crippen molar-refractivity contribution in [3.63, 3.8) is 0 Å². The normalized spacial score (nSPS) is 18.9. The van der Waals surface area contributed by atoms with Crippen molar-refractivity contribution in [3.05, 3.63) is 11.6 Å². The number of Topliss-reactive ketones (excluding diaryl/α,β-unsaturated/α-hetero) is 1. The SMILES string of the molecule is O=C1CC=C(CCO)CC1. The van der Waals surface area contributed by atoms with Crippen LogP contribution in [-0.2, 0) is 4.79 Å². The Morgan fingerprint density at radius 2 is 2.30 bits per heavy atom. The van der Waals surface area contributed by atoms with E-state index in [1.807, 2.05) is 6.08 Å². The molecule has 0 heterocycles. The number of aliphatic hydroxyl groups is 1. The molecule has 56 valence electrons. The van der Waals surface area contributed by atoms with Gasteiger partial charge in [-0.15, -0.1) is 0 Å². The van der Waals surface area contributed by atoms with E-state index in [0.717, 1.165) is 12.8 Å². The van der Waals surface area contributed by atoms with E-state index in [9.17, 15) is 4.79 Å². The molecule has 10 heavy (non-hydrogen) atoms. The molecule has 0 atom stereocenters. The van der Waals surface area contributed by atoms with E-state index in [0.29, 0.717) is 18.6 Å². The Morgan fingerprint density at radius 1 is 1.50 bits per heavy atom. The zero-order valence-electron chi connectivity index (χ0n) is 5.97. The van der Waals surface area contributed by atoms with Crippen molar-refractivity contribution in [2.75, 3.05) is 6.61 Å². The average Bonchev–Trinajstić information content (AvgIpc) is 1.95. The van der Waals surface area contributed by atoms with Gasteiger partial charge < -0.3 is 5.11 Å². The quantitative estimate of drug-likeness (QED) is 0.582. The fraction of sp³-hybridized carbons (Fsp3) is 0.625. The van der Waals surface area contributed by atoms with Gasteiger partial charge in [0, 0.05) is 19.4 Å². The topological polar surface area (TPSA) is 37.3 Å². The van der Waals surface area contributed by atoms with Crippen LogP contribution >= 0.6 is 0 Å². The molecular weight excluding hydrogens is 128 g/mol. The van der Waals surface area contributed by atoms with Crippen molar-refractivity contribution >= 4 is 5.78 Å². The number of aliphatic hydroxyl groups excluding tert-OH is 1. The minimum atomic E-state index is 0.208. The van der Waals surface area contributed by atoms with Gasteiger partial charge in [0.1, 0.15) is 5.78 Å². The summed E-state index contributed by atoms with van der Waals surface area (Å²) in [6.07, 6.45) is 4.80. The van der Waals surface area contributed by atoms with Crippen molar-refractivity contribution in [1.29, 1.82) is 0 Å². The van der Waals surface area contributed by atoms with Gasteiger partial charge >= 0.3 is 0 Å². The molecule has 0 saturated carbocycles. The monoisotopic (exact) mass is 140 g/mol. The van der Waals surface area contributed by atoms with E-state index >= 15 is 0 Å². The van der Waals surface area contributed by atoms with Crippen LogP contribution in [-0.4, -0.2) is 17.5 Å². The first kappa shape index (κ1) is 7.48. The fourth-order valence-electron chi connectivity index (χ4n) is 1.13. The second-order valence-electron chi connectivity index (χ2n) is 2.58. The molecule has 0 aromatic heterocycles. The molecule has 0 unspecified atom stereocenters. The number of carbonyl (C=O) groups is 1. The summed E-state index contributed by atoms with van der Waals surface area (Å²) in [6.45, 7) is 0.208. The van der Waals surface area contributed by atoms with Gasteiger partial charge in [-0.25, -0.2) is 0 Å². The smallest absolute Gasteiger partial charge is 0.136 e. The lowest BCUT2D eigenvalue weighted by Gasteiger charge is -2.09. The lowest BCUT2D eigenvalue weighted by Crippen LogP contribution is -2.04. The highest BCUT2D eigenvalue weighted by atomic mass is 16.3. The molecule has 0 spiro atoms. The number of allylic oxidation sites excluding steroid dienone is 1. The third-order valence-corrected chi connectivity index (χ3v) is 1.78. The van der Waals surface area contributed by atoms with Gasteiger partial charge in [0.2, 0.25) is 0 Å². The minimum Gasteiger partial charge on any atom is -0.396 e. The summed E-state index contributed by atoms with van der Waals surface area (Å²) in [5, 5.41) is 8.56. The molecule has 0 aliphatic heterocycles. The summed E-state index contributed by atoms with van der Waals surface area (Å²) in [6, 6.07) is 0. The molecule has 1 N–H and O–H groups in total. The van der Waals surface area contributed by atoms with Gasteiger partial charge in [0.05, 0.1) is 0 Å². The second kappa shape index (κ2) is 3.52. The Bertz CT molecular complexity index is 159. The molecule has 0 radical (unpaired) electrons. The fourth-order valence-corrected chi connectivity index (χ4v) is 1.13. The maximum absolute atomic E-state index is 10.7. The largest absolute Gasteiger partial charge is 0.396 e. The highest BCUT2D eigenvalue weighted by molar-refractivity contribution is 5.81. The summed E-state index contributed by atoms with van der Waals surface area (Å²) in [7, 11) is 0. The molecular formula is C8H12O2. The standard InChI is InChI=1S/C8H12O2/c9-6-5-7-1-3-8(10)4-2-7/h1,9H,2-6H2. The van der Waals surface area contributed by atoms with Crippen molar-refractivity contribution in [2.45, 2.75) is 25.7 Å². The summed E-state index contributed by atoms with van der Waals surface area (Å²) < 4.78 is 0. The Balaban J connectivity index is 2.40. The lowest BCUT2D eigenvalue weighted by molar-refractivity contribution is -0.118. The van der Waals surface area contributed by atoms with E-state index in [1.165, 1.54) is 5.57 Å². The van der Waals surface area contributed by atoms with E-state index in [2.05, 4.69) is 0 Å². The van der Waals surface area contributed by atoms with Gasteiger partial charge in [-0.3, -0.25) is 4.79 Å². The number of ketones is 1. The number of hydrogen-bond acceptors (Lipinski definition) is 2. The van der Waals surface area contributed by atoms with Gasteiger partial charge in [0.15, 0.2) is 0 Å². The molecule has 0 bridgehead atoms. The molecule has 1 rings (SSSR count). The van der Waals surface area contributed by atoms with Crippen LogP contribution in [0.1, 0.15) is 25.7 Å². The third kappa shape index (κ3) is 1.95. The van der Waals surface area contributed by atoms with Gasteiger partial charge in [-0.2, -0.15) is 0 Å². The molecule has 0 saturated heterocycles. The highest BCUT2D eigenvalue weighted by Gasteiger charge is 2.08. The van der Waals surface area contributed by atoms with Gasteiger partial charge in [-0.1, -0.05) is 11.6 Å². The lowest BCUT2D eigenvalue weighted by atomic mass is 9.97. The summed E-state index contributed by atoms with van der Waals surface area (Å²) in [5.41, 5.74) is 1.24. The zero-order chi connectivity index (χ0) is 7.40. The predicted octanol–water partition coefficient (Wildman–Crippen LogP) is 1.05. The van der Waals surface area contributed by atoms with Crippen molar-refractivity contribution in [3.8, 4) is 0 Å². The van der Waals surface area contributed by atoms with Crippen molar-refractivity contribution in [2.24, 2.45) is 0 Å². The number of rotatable bonds is 2. The molecule has 0 amide bonds. The van der Waals surface area contributed by atoms with E-state index in [-0.39, 0.29) is 6.61 Å².